The Labute approximate surface area is 182 Å². The van der Waals surface area contributed by atoms with Gasteiger partial charge in [0.1, 0.15) is 12.1 Å². The molecule has 4 heteroatoms. The Bertz CT molecular complexity index is 1300. The van der Waals surface area contributed by atoms with Crippen molar-refractivity contribution in [1.82, 2.24) is 0 Å². The summed E-state index contributed by atoms with van der Waals surface area (Å²) < 4.78 is 0. The second-order valence-electron chi connectivity index (χ2n) is 8.90. The van der Waals surface area contributed by atoms with Crippen LogP contribution in [0.3, 0.4) is 0 Å². The topological polar surface area (TPSA) is 61.7 Å². The SMILES string of the molecule is CCC1=C(C=C2C(=O)C(Nc3ccccc3)C2O)C(C)(C)C=C2N=c3ccccc3=C21. The predicted molar refractivity (Wildman–Crippen MR) is 123 cm³/mol. The molecule has 1 aliphatic heterocycles. The van der Waals surface area contributed by atoms with E-state index in [0.717, 1.165) is 39.5 Å². The van der Waals surface area contributed by atoms with Gasteiger partial charge in [0.15, 0.2) is 5.78 Å². The molecular weight excluding hydrogens is 384 g/mol. The van der Waals surface area contributed by atoms with Gasteiger partial charge in [-0.2, -0.15) is 0 Å². The molecule has 2 N–H and O–H groups in total. The van der Waals surface area contributed by atoms with Crippen molar-refractivity contribution in [3.63, 3.8) is 0 Å². The highest BCUT2D eigenvalue weighted by atomic mass is 16.3. The molecule has 3 aliphatic rings. The summed E-state index contributed by atoms with van der Waals surface area (Å²) in [7, 11) is 0. The number of rotatable bonds is 4. The summed E-state index contributed by atoms with van der Waals surface area (Å²) >= 11 is 0. The number of anilines is 1. The second kappa shape index (κ2) is 7.17. The van der Waals surface area contributed by atoms with Crippen LogP contribution in [-0.2, 0) is 4.79 Å². The largest absolute Gasteiger partial charge is 0.386 e. The molecular formula is C27H26N2O2. The van der Waals surface area contributed by atoms with Crippen molar-refractivity contribution in [1.29, 1.82) is 0 Å². The van der Waals surface area contributed by atoms with Gasteiger partial charge in [-0.25, -0.2) is 4.99 Å². The van der Waals surface area contributed by atoms with E-state index in [9.17, 15) is 9.90 Å². The minimum absolute atomic E-state index is 0.0496. The molecule has 2 aromatic rings. The molecule has 0 spiro atoms. The maximum absolute atomic E-state index is 12.9. The van der Waals surface area contributed by atoms with E-state index in [4.69, 9.17) is 4.99 Å². The molecule has 0 aromatic heterocycles. The fourth-order valence-corrected chi connectivity index (χ4v) is 4.83. The van der Waals surface area contributed by atoms with E-state index in [2.05, 4.69) is 38.2 Å². The smallest absolute Gasteiger partial charge is 0.186 e. The highest BCUT2D eigenvalue weighted by Crippen LogP contribution is 2.45. The number of hydrogen-bond acceptors (Lipinski definition) is 4. The zero-order chi connectivity index (χ0) is 21.8. The summed E-state index contributed by atoms with van der Waals surface area (Å²) in [5, 5.41) is 16.1. The molecule has 0 bridgehead atoms. The molecule has 2 aromatic carbocycles. The Morgan fingerprint density at radius 2 is 1.81 bits per heavy atom. The Morgan fingerprint density at radius 3 is 2.52 bits per heavy atom. The number of aliphatic hydroxyl groups is 1. The van der Waals surface area contributed by atoms with Crippen molar-refractivity contribution in [2.24, 2.45) is 10.4 Å². The first-order valence-corrected chi connectivity index (χ1v) is 10.8. The molecule has 31 heavy (non-hydrogen) atoms. The average molecular weight is 411 g/mol. The van der Waals surface area contributed by atoms with Crippen LogP contribution >= 0.6 is 0 Å². The van der Waals surface area contributed by atoms with Crippen molar-refractivity contribution in [3.8, 4) is 0 Å². The van der Waals surface area contributed by atoms with Crippen LogP contribution in [0.1, 0.15) is 27.2 Å². The molecule has 5 rings (SSSR count). The van der Waals surface area contributed by atoms with E-state index in [1.165, 1.54) is 5.57 Å². The molecule has 4 nitrogen and oxygen atoms in total. The number of ketones is 1. The molecule has 2 atom stereocenters. The van der Waals surface area contributed by atoms with E-state index in [1.54, 1.807) is 0 Å². The minimum Gasteiger partial charge on any atom is -0.386 e. The monoisotopic (exact) mass is 410 g/mol. The number of carbonyl (C=O) groups excluding carboxylic acids is 1. The summed E-state index contributed by atoms with van der Waals surface area (Å²) in [5.41, 5.74) is 5.46. The van der Waals surface area contributed by atoms with Gasteiger partial charge in [-0.05, 0) is 47.9 Å². The normalized spacial score (nSPS) is 24.9. The zero-order valence-corrected chi connectivity index (χ0v) is 18.0. The number of carbonyl (C=O) groups is 1. The lowest BCUT2D eigenvalue weighted by molar-refractivity contribution is -0.124. The Balaban J connectivity index is 1.56. The fourth-order valence-electron chi connectivity index (χ4n) is 4.83. The first-order valence-electron chi connectivity index (χ1n) is 10.8. The van der Waals surface area contributed by atoms with Gasteiger partial charge in [0.2, 0.25) is 0 Å². The van der Waals surface area contributed by atoms with Gasteiger partial charge >= 0.3 is 0 Å². The summed E-state index contributed by atoms with van der Waals surface area (Å²) in [6.07, 6.45) is 4.11. The van der Waals surface area contributed by atoms with Crippen molar-refractivity contribution < 1.29 is 9.90 Å². The lowest BCUT2D eigenvalue weighted by atomic mass is 9.70. The molecule has 0 radical (unpaired) electrons. The lowest BCUT2D eigenvalue weighted by Gasteiger charge is -2.38. The number of aliphatic hydroxyl groups excluding tert-OH is 1. The van der Waals surface area contributed by atoms with E-state index >= 15 is 0 Å². The third kappa shape index (κ3) is 3.10. The van der Waals surface area contributed by atoms with Crippen molar-refractivity contribution in [2.75, 3.05) is 5.32 Å². The van der Waals surface area contributed by atoms with E-state index in [1.807, 2.05) is 54.6 Å². The van der Waals surface area contributed by atoms with Crippen LogP contribution in [0.2, 0.25) is 0 Å². The number of allylic oxidation sites excluding steroid dienone is 4. The summed E-state index contributed by atoms with van der Waals surface area (Å²) in [6, 6.07) is 17.1. The number of para-hydroxylation sites is 2. The van der Waals surface area contributed by atoms with E-state index < -0.39 is 12.1 Å². The molecule has 2 aliphatic carbocycles. The molecule has 1 fully saturated rings. The maximum atomic E-state index is 12.9. The zero-order valence-electron chi connectivity index (χ0n) is 18.0. The molecule has 0 saturated heterocycles. The van der Waals surface area contributed by atoms with Crippen LogP contribution < -0.4 is 15.9 Å². The van der Waals surface area contributed by atoms with Gasteiger partial charge in [-0.1, -0.05) is 57.2 Å². The quantitative estimate of drug-likeness (QED) is 0.759. The molecule has 1 saturated carbocycles. The van der Waals surface area contributed by atoms with Crippen LogP contribution in [-0.4, -0.2) is 23.0 Å². The number of nitrogens with zero attached hydrogens (tertiary/aromatic N) is 1. The van der Waals surface area contributed by atoms with Gasteiger partial charge in [-0.15, -0.1) is 0 Å². The number of hydrogen-bond donors (Lipinski definition) is 2. The molecule has 156 valence electrons. The Hall–Kier alpha value is -3.24. The molecule has 0 amide bonds. The van der Waals surface area contributed by atoms with Crippen LogP contribution in [0.15, 0.2) is 94.2 Å². The van der Waals surface area contributed by atoms with Gasteiger partial charge < -0.3 is 10.4 Å². The average Bonchev–Trinajstić information content (AvgIpc) is 3.12. The number of nitrogens with one attached hydrogen (secondary N) is 1. The van der Waals surface area contributed by atoms with Crippen LogP contribution in [0.5, 0.6) is 0 Å². The maximum Gasteiger partial charge on any atom is 0.186 e. The fraction of sp³-hybridized carbons (Fsp3) is 0.259. The predicted octanol–water partition coefficient (Wildman–Crippen LogP) is 3.45. The first-order chi connectivity index (χ1) is 14.9. The number of fused-ring (bicyclic) bond motifs is 2. The van der Waals surface area contributed by atoms with Gasteiger partial charge in [0.25, 0.3) is 0 Å². The minimum atomic E-state index is -0.829. The second-order valence-corrected chi connectivity index (χ2v) is 8.90. The third-order valence-electron chi connectivity index (χ3n) is 6.44. The first kappa shape index (κ1) is 19.7. The van der Waals surface area contributed by atoms with Crippen molar-refractivity contribution in [3.05, 3.63) is 99.7 Å². The lowest BCUT2D eigenvalue weighted by Crippen LogP contribution is -2.54. The highest BCUT2D eigenvalue weighted by molar-refractivity contribution is 6.10. The van der Waals surface area contributed by atoms with E-state index in [-0.39, 0.29) is 11.2 Å². The van der Waals surface area contributed by atoms with Crippen LogP contribution in [0.25, 0.3) is 5.57 Å². The summed E-state index contributed by atoms with van der Waals surface area (Å²) in [6.45, 7) is 6.43. The van der Waals surface area contributed by atoms with Crippen molar-refractivity contribution in [2.45, 2.75) is 39.3 Å². The summed E-state index contributed by atoms with van der Waals surface area (Å²) in [5.74, 6) is -0.0496. The number of Topliss-reactive ketones (excluding diaryl/α,β-unsaturated/α-hetero) is 1. The van der Waals surface area contributed by atoms with Crippen LogP contribution in [0, 0.1) is 5.41 Å². The Morgan fingerprint density at radius 1 is 1.10 bits per heavy atom. The standard InChI is InChI=1S/C27H26N2O2/c1-4-17-20(14-19-25(30)24(26(19)31)28-16-10-6-5-7-11-16)27(2,3)15-22-23(17)18-12-8-9-13-21(18)29-22/h5-15,24-25,28,30H,4H2,1-3H3. The molecule has 1 heterocycles. The summed E-state index contributed by atoms with van der Waals surface area (Å²) in [4.78, 5) is 17.8. The third-order valence-corrected chi connectivity index (χ3v) is 6.44. The van der Waals surface area contributed by atoms with E-state index in [0.29, 0.717) is 5.57 Å². The highest BCUT2D eigenvalue weighted by Gasteiger charge is 2.45. The number of benzene rings is 2. The molecule has 2 unspecified atom stereocenters. The van der Waals surface area contributed by atoms with Crippen molar-refractivity contribution >= 4 is 17.0 Å². The van der Waals surface area contributed by atoms with Gasteiger partial charge in [0.05, 0.1) is 11.1 Å². The van der Waals surface area contributed by atoms with Gasteiger partial charge in [-0.3, -0.25) is 4.79 Å². The Kier molecular flexibility index (Phi) is 4.56. The van der Waals surface area contributed by atoms with Gasteiger partial charge in [0, 0.05) is 27.5 Å². The van der Waals surface area contributed by atoms with Crippen LogP contribution in [0.4, 0.5) is 5.69 Å².